The highest BCUT2D eigenvalue weighted by Crippen LogP contribution is 2.42. The predicted molar refractivity (Wildman–Crippen MR) is 92.7 cm³/mol. The molecule has 0 aromatic heterocycles. The molecule has 0 radical (unpaired) electrons. The van der Waals surface area contributed by atoms with Crippen molar-refractivity contribution in [2.75, 3.05) is 14.2 Å². The molecule has 0 saturated heterocycles. The highest BCUT2D eigenvalue weighted by atomic mass is 35.5. The van der Waals surface area contributed by atoms with E-state index in [-0.39, 0.29) is 17.8 Å². The minimum atomic E-state index is -0.461. The first kappa shape index (κ1) is 18.3. The lowest BCUT2D eigenvalue weighted by atomic mass is 9.71. The highest BCUT2D eigenvalue weighted by Gasteiger charge is 2.36. The SMILES string of the molecule is COC(=O)C1=C[C@H](C(C)C)[C@@H](c2ccc(Cl)cc2)C(C(=O)OC)=C1. The average molecular weight is 349 g/mol. The number of hydrogen-bond acceptors (Lipinski definition) is 4. The van der Waals surface area contributed by atoms with Crippen LogP contribution in [0, 0.1) is 11.8 Å². The fourth-order valence-electron chi connectivity index (χ4n) is 3.01. The minimum absolute atomic E-state index is 0.0422. The largest absolute Gasteiger partial charge is 0.466 e. The molecule has 0 saturated carbocycles. The fourth-order valence-corrected chi connectivity index (χ4v) is 3.14. The van der Waals surface area contributed by atoms with Crippen LogP contribution in [0.5, 0.6) is 0 Å². The number of benzene rings is 1. The molecule has 128 valence electrons. The summed E-state index contributed by atoms with van der Waals surface area (Å²) in [6.07, 6.45) is 3.44. The lowest BCUT2D eigenvalue weighted by Gasteiger charge is -2.32. The second kappa shape index (κ2) is 7.67. The van der Waals surface area contributed by atoms with E-state index in [0.717, 1.165) is 5.56 Å². The second-order valence-corrected chi connectivity index (χ2v) is 6.49. The zero-order chi connectivity index (χ0) is 17.9. The molecule has 0 spiro atoms. The molecule has 2 atom stereocenters. The maximum atomic E-state index is 12.3. The van der Waals surface area contributed by atoms with Crippen LogP contribution in [0.3, 0.4) is 0 Å². The summed E-state index contributed by atoms with van der Waals surface area (Å²) < 4.78 is 9.76. The van der Waals surface area contributed by atoms with Gasteiger partial charge in [-0.3, -0.25) is 0 Å². The Labute approximate surface area is 147 Å². The van der Waals surface area contributed by atoms with Crippen LogP contribution in [-0.2, 0) is 19.1 Å². The maximum Gasteiger partial charge on any atom is 0.337 e. The van der Waals surface area contributed by atoms with Gasteiger partial charge in [0.15, 0.2) is 0 Å². The molecule has 5 heteroatoms. The van der Waals surface area contributed by atoms with Gasteiger partial charge in [-0.05, 0) is 35.6 Å². The topological polar surface area (TPSA) is 52.6 Å². The lowest BCUT2D eigenvalue weighted by molar-refractivity contribution is -0.136. The molecule has 0 fully saturated rings. The Morgan fingerprint density at radius 2 is 1.62 bits per heavy atom. The molecule has 1 aromatic rings. The molecule has 4 nitrogen and oxygen atoms in total. The summed E-state index contributed by atoms with van der Waals surface area (Å²) in [7, 11) is 2.66. The van der Waals surface area contributed by atoms with Gasteiger partial charge in [0.2, 0.25) is 0 Å². The molecular weight excluding hydrogens is 328 g/mol. The van der Waals surface area contributed by atoms with E-state index in [2.05, 4.69) is 13.8 Å². The number of ether oxygens (including phenoxy) is 2. The molecule has 0 N–H and O–H groups in total. The quantitative estimate of drug-likeness (QED) is 0.774. The lowest BCUT2D eigenvalue weighted by Crippen LogP contribution is -2.27. The van der Waals surface area contributed by atoms with Gasteiger partial charge < -0.3 is 9.47 Å². The van der Waals surface area contributed by atoms with Crippen molar-refractivity contribution >= 4 is 23.5 Å². The third kappa shape index (κ3) is 3.70. The van der Waals surface area contributed by atoms with Crippen molar-refractivity contribution in [2.45, 2.75) is 19.8 Å². The van der Waals surface area contributed by atoms with Gasteiger partial charge in [-0.1, -0.05) is 43.7 Å². The Hall–Kier alpha value is -2.07. The van der Waals surface area contributed by atoms with Gasteiger partial charge in [0.25, 0.3) is 0 Å². The molecular formula is C19H21ClO4. The second-order valence-electron chi connectivity index (χ2n) is 6.06. The molecule has 0 unspecified atom stereocenters. The molecule has 0 amide bonds. The van der Waals surface area contributed by atoms with Crippen LogP contribution < -0.4 is 0 Å². The molecule has 24 heavy (non-hydrogen) atoms. The van der Waals surface area contributed by atoms with Crippen molar-refractivity contribution in [3.8, 4) is 0 Å². The Balaban J connectivity index is 2.58. The van der Waals surface area contributed by atoms with Crippen LogP contribution in [-0.4, -0.2) is 26.2 Å². The minimum Gasteiger partial charge on any atom is -0.466 e. The van der Waals surface area contributed by atoms with Crippen molar-refractivity contribution in [1.29, 1.82) is 0 Å². The summed E-state index contributed by atoms with van der Waals surface area (Å²) in [5.41, 5.74) is 1.78. The summed E-state index contributed by atoms with van der Waals surface area (Å²) in [6.45, 7) is 4.11. The van der Waals surface area contributed by atoms with Gasteiger partial charge >= 0.3 is 11.9 Å². The number of carbonyl (C=O) groups is 2. The van der Waals surface area contributed by atoms with Crippen molar-refractivity contribution in [2.24, 2.45) is 11.8 Å². The molecule has 0 bridgehead atoms. The zero-order valence-electron chi connectivity index (χ0n) is 14.2. The summed E-state index contributed by atoms with van der Waals surface area (Å²) in [5, 5.41) is 0.630. The van der Waals surface area contributed by atoms with E-state index in [4.69, 9.17) is 21.1 Å². The molecule has 1 aromatic carbocycles. The van der Waals surface area contributed by atoms with E-state index in [9.17, 15) is 9.59 Å². The number of esters is 2. The predicted octanol–water partition coefficient (Wildman–Crippen LogP) is 3.91. The van der Waals surface area contributed by atoms with Gasteiger partial charge in [0, 0.05) is 16.5 Å². The molecule has 1 aliphatic rings. The molecule has 0 heterocycles. The first-order valence-corrected chi connectivity index (χ1v) is 8.12. The molecule has 2 rings (SSSR count). The van der Waals surface area contributed by atoms with E-state index in [0.29, 0.717) is 16.2 Å². The van der Waals surface area contributed by atoms with Gasteiger partial charge in [-0.25, -0.2) is 9.59 Å². The van der Waals surface area contributed by atoms with Gasteiger partial charge in [0.1, 0.15) is 0 Å². The normalized spacial score (nSPS) is 20.2. The van der Waals surface area contributed by atoms with Crippen LogP contribution in [0.4, 0.5) is 0 Å². The van der Waals surface area contributed by atoms with Crippen LogP contribution in [0.25, 0.3) is 0 Å². The monoisotopic (exact) mass is 348 g/mol. The van der Waals surface area contributed by atoms with Crippen molar-refractivity contribution in [3.63, 3.8) is 0 Å². The standard InChI is InChI=1S/C19H21ClO4/c1-11(2)15-9-13(18(21)23-3)10-16(19(22)24-4)17(15)12-5-7-14(20)8-6-12/h5-11,15,17H,1-4H3/t15-,17-/m1/s1. The number of methoxy groups -OCH3 is 2. The number of allylic oxidation sites excluding steroid dienone is 1. The van der Waals surface area contributed by atoms with E-state index in [1.165, 1.54) is 14.2 Å². The number of rotatable bonds is 4. The first-order valence-electron chi connectivity index (χ1n) is 7.74. The van der Waals surface area contributed by atoms with Crippen LogP contribution in [0.2, 0.25) is 5.02 Å². The highest BCUT2D eigenvalue weighted by molar-refractivity contribution is 6.30. The summed E-state index contributed by atoms with van der Waals surface area (Å²) in [5.74, 6) is -0.951. The van der Waals surface area contributed by atoms with Crippen molar-refractivity contribution in [3.05, 3.63) is 58.1 Å². The van der Waals surface area contributed by atoms with Crippen LogP contribution in [0.15, 0.2) is 47.6 Å². The van der Waals surface area contributed by atoms with Crippen molar-refractivity contribution in [1.82, 2.24) is 0 Å². The maximum absolute atomic E-state index is 12.3. The summed E-state index contributed by atoms with van der Waals surface area (Å²) >= 11 is 5.98. The Morgan fingerprint density at radius 1 is 1.04 bits per heavy atom. The Morgan fingerprint density at radius 3 is 2.12 bits per heavy atom. The average Bonchev–Trinajstić information content (AvgIpc) is 2.59. The van der Waals surface area contributed by atoms with E-state index in [1.54, 1.807) is 18.2 Å². The van der Waals surface area contributed by atoms with Crippen LogP contribution >= 0.6 is 11.6 Å². The third-order valence-corrected chi connectivity index (χ3v) is 4.50. The summed E-state index contributed by atoms with van der Waals surface area (Å²) in [6, 6.07) is 7.39. The van der Waals surface area contributed by atoms with E-state index < -0.39 is 11.9 Å². The van der Waals surface area contributed by atoms with E-state index >= 15 is 0 Å². The number of hydrogen-bond donors (Lipinski definition) is 0. The van der Waals surface area contributed by atoms with Gasteiger partial charge in [0.05, 0.1) is 19.8 Å². The Bertz CT molecular complexity index is 686. The van der Waals surface area contributed by atoms with Gasteiger partial charge in [-0.2, -0.15) is 0 Å². The summed E-state index contributed by atoms with van der Waals surface area (Å²) in [4.78, 5) is 24.3. The fraction of sp³-hybridized carbons (Fsp3) is 0.368. The number of carbonyl (C=O) groups excluding carboxylic acids is 2. The Kier molecular flexibility index (Phi) is 5.84. The van der Waals surface area contributed by atoms with Crippen molar-refractivity contribution < 1.29 is 19.1 Å². The first-order chi connectivity index (χ1) is 11.4. The van der Waals surface area contributed by atoms with Crippen LogP contribution in [0.1, 0.15) is 25.3 Å². The molecule has 1 aliphatic carbocycles. The number of halogens is 1. The third-order valence-electron chi connectivity index (χ3n) is 4.24. The van der Waals surface area contributed by atoms with E-state index in [1.807, 2.05) is 18.2 Å². The molecule has 0 aliphatic heterocycles. The van der Waals surface area contributed by atoms with Gasteiger partial charge in [-0.15, -0.1) is 0 Å². The smallest absolute Gasteiger partial charge is 0.337 e. The zero-order valence-corrected chi connectivity index (χ0v) is 15.0.